The van der Waals surface area contributed by atoms with Crippen molar-refractivity contribution in [2.45, 2.75) is 19.4 Å². The van der Waals surface area contributed by atoms with Crippen molar-refractivity contribution in [3.63, 3.8) is 0 Å². The van der Waals surface area contributed by atoms with Gasteiger partial charge in [0.05, 0.1) is 12.3 Å². The van der Waals surface area contributed by atoms with Gasteiger partial charge in [-0.25, -0.2) is 0 Å². The molecule has 1 aromatic heterocycles. The van der Waals surface area contributed by atoms with Crippen LogP contribution in [0.1, 0.15) is 12.8 Å². The van der Waals surface area contributed by atoms with Gasteiger partial charge in [0.1, 0.15) is 0 Å². The summed E-state index contributed by atoms with van der Waals surface area (Å²) in [6.07, 6.45) is 2.88. The number of aromatic nitrogens is 1. The van der Waals surface area contributed by atoms with Gasteiger partial charge in [-0.1, -0.05) is 0 Å². The number of rotatable bonds is 8. The number of nitrogens with zero attached hydrogens (tertiary/aromatic N) is 1. The zero-order chi connectivity index (χ0) is 14.1. The second kappa shape index (κ2) is 8.44. The second-order valence-corrected chi connectivity index (χ2v) is 4.20. The van der Waals surface area contributed by atoms with Crippen molar-refractivity contribution in [1.82, 2.24) is 9.88 Å². The monoisotopic (exact) mass is 267 g/mol. The van der Waals surface area contributed by atoms with Crippen LogP contribution >= 0.6 is 0 Å². The van der Waals surface area contributed by atoms with E-state index in [1.165, 1.54) is 10.6 Å². The highest BCUT2D eigenvalue weighted by atomic mass is 16.5. The van der Waals surface area contributed by atoms with Crippen LogP contribution in [0.25, 0.3) is 0 Å². The van der Waals surface area contributed by atoms with E-state index < -0.39 is 0 Å². The van der Waals surface area contributed by atoms with Crippen molar-refractivity contribution in [2.24, 2.45) is 0 Å². The smallest absolute Gasteiger partial charge is 0.250 e. The van der Waals surface area contributed by atoms with E-state index in [0.717, 1.165) is 13.0 Å². The first kappa shape index (κ1) is 15.4. The summed E-state index contributed by atoms with van der Waals surface area (Å²) >= 11 is 0. The third-order valence-corrected chi connectivity index (χ3v) is 2.63. The normalized spacial score (nSPS) is 10.4. The number of hydrogen-bond donors (Lipinski definition) is 2. The molecule has 0 aliphatic heterocycles. The van der Waals surface area contributed by atoms with Crippen molar-refractivity contribution >= 4 is 11.6 Å². The third-order valence-electron chi connectivity index (χ3n) is 2.63. The molecule has 0 radical (unpaired) electrons. The molecule has 6 nitrogen and oxygen atoms in total. The molecule has 6 heteroatoms. The Balaban J connectivity index is 2.58. The average molecular weight is 267 g/mol. The van der Waals surface area contributed by atoms with E-state index in [-0.39, 0.29) is 11.5 Å². The van der Waals surface area contributed by atoms with E-state index in [0.29, 0.717) is 25.3 Å². The third kappa shape index (κ3) is 5.67. The number of ether oxygens (including phenoxy) is 1. The Morgan fingerprint density at radius 3 is 2.89 bits per heavy atom. The van der Waals surface area contributed by atoms with Crippen molar-refractivity contribution in [2.75, 3.05) is 32.6 Å². The number of anilines is 1. The summed E-state index contributed by atoms with van der Waals surface area (Å²) in [5.41, 5.74) is 0.524. The molecule has 19 heavy (non-hydrogen) atoms. The Bertz CT molecular complexity index is 457. The van der Waals surface area contributed by atoms with Crippen molar-refractivity contribution in [3.8, 4) is 0 Å². The van der Waals surface area contributed by atoms with E-state index >= 15 is 0 Å². The minimum absolute atomic E-state index is 0.0489. The maximum absolute atomic E-state index is 11.6. The summed E-state index contributed by atoms with van der Waals surface area (Å²) in [5.74, 6) is -0.0489. The lowest BCUT2D eigenvalue weighted by atomic mass is 10.3. The molecule has 0 aliphatic carbocycles. The van der Waals surface area contributed by atoms with Crippen molar-refractivity contribution < 1.29 is 9.53 Å². The van der Waals surface area contributed by atoms with Gasteiger partial charge in [0, 0.05) is 32.3 Å². The maximum atomic E-state index is 11.6. The summed E-state index contributed by atoms with van der Waals surface area (Å²) in [7, 11) is 3.43. The molecule has 0 aromatic carbocycles. The molecule has 1 rings (SSSR count). The van der Waals surface area contributed by atoms with Crippen LogP contribution in [0.4, 0.5) is 5.69 Å². The number of pyridine rings is 1. The van der Waals surface area contributed by atoms with Gasteiger partial charge in [-0.05, 0) is 26.1 Å². The summed E-state index contributed by atoms with van der Waals surface area (Å²) in [6, 6.07) is 3.06. The highest BCUT2D eigenvalue weighted by Gasteiger charge is 2.03. The van der Waals surface area contributed by atoms with Crippen molar-refractivity contribution in [1.29, 1.82) is 0 Å². The van der Waals surface area contributed by atoms with Gasteiger partial charge < -0.3 is 19.9 Å². The van der Waals surface area contributed by atoms with Crippen LogP contribution in [0.15, 0.2) is 23.1 Å². The first-order chi connectivity index (χ1) is 9.17. The second-order valence-electron chi connectivity index (χ2n) is 4.20. The Morgan fingerprint density at radius 1 is 1.42 bits per heavy atom. The largest absolute Gasteiger partial charge is 0.383 e. The Hall–Kier alpha value is -1.66. The number of amides is 1. The fraction of sp³-hybridized carbons (Fsp3) is 0.538. The summed E-state index contributed by atoms with van der Waals surface area (Å²) in [4.78, 5) is 23.2. The summed E-state index contributed by atoms with van der Waals surface area (Å²) in [5, 5.41) is 5.76. The lowest BCUT2D eigenvalue weighted by Gasteiger charge is -2.09. The number of methoxy groups -OCH3 is 1. The van der Waals surface area contributed by atoms with Crippen LogP contribution in [0.5, 0.6) is 0 Å². The Kier molecular flexibility index (Phi) is 6.84. The van der Waals surface area contributed by atoms with E-state index in [4.69, 9.17) is 4.74 Å². The van der Waals surface area contributed by atoms with Gasteiger partial charge in [-0.3, -0.25) is 9.59 Å². The molecule has 0 atom stereocenters. The Labute approximate surface area is 112 Å². The van der Waals surface area contributed by atoms with Gasteiger partial charge in [0.25, 0.3) is 5.56 Å². The quantitative estimate of drug-likeness (QED) is 0.670. The summed E-state index contributed by atoms with van der Waals surface area (Å²) < 4.78 is 6.45. The van der Waals surface area contributed by atoms with Gasteiger partial charge in [-0.15, -0.1) is 0 Å². The van der Waals surface area contributed by atoms with Crippen LogP contribution in [-0.4, -0.2) is 37.8 Å². The van der Waals surface area contributed by atoms with Gasteiger partial charge >= 0.3 is 0 Å². The van der Waals surface area contributed by atoms with E-state index in [9.17, 15) is 9.59 Å². The van der Waals surface area contributed by atoms with E-state index in [1.807, 2.05) is 7.05 Å². The molecule has 1 heterocycles. The molecule has 2 N–H and O–H groups in total. The predicted molar refractivity (Wildman–Crippen MR) is 74.4 cm³/mol. The number of nitrogens with one attached hydrogen (secondary N) is 2. The maximum Gasteiger partial charge on any atom is 0.250 e. The first-order valence-electron chi connectivity index (χ1n) is 6.31. The van der Waals surface area contributed by atoms with Crippen LogP contribution in [0, 0.1) is 0 Å². The van der Waals surface area contributed by atoms with Crippen LogP contribution in [0.2, 0.25) is 0 Å². The number of carbonyl (C=O) groups excluding carboxylic acids is 1. The molecule has 0 saturated carbocycles. The molecular weight excluding hydrogens is 246 g/mol. The fourth-order valence-electron chi connectivity index (χ4n) is 1.62. The zero-order valence-corrected chi connectivity index (χ0v) is 11.4. The molecule has 0 saturated heterocycles. The molecule has 1 aromatic rings. The molecule has 0 fully saturated rings. The topological polar surface area (TPSA) is 72.4 Å². The van der Waals surface area contributed by atoms with Crippen molar-refractivity contribution in [3.05, 3.63) is 28.7 Å². The van der Waals surface area contributed by atoms with Gasteiger partial charge in [-0.2, -0.15) is 0 Å². The standard InChI is InChI=1S/C13H21N3O3/c1-14-7-3-4-12(17)15-11-5-6-13(18)16(10-11)8-9-19-2/h5-6,10,14H,3-4,7-9H2,1-2H3,(H,15,17). The minimum Gasteiger partial charge on any atom is -0.383 e. The number of carbonyl (C=O) groups is 1. The predicted octanol–water partition coefficient (Wildman–Crippen LogP) is 0.433. The molecule has 0 unspecified atom stereocenters. The SMILES string of the molecule is CNCCCC(=O)Nc1ccc(=O)n(CCOC)c1. The lowest BCUT2D eigenvalue weighted by Crippen LogP contribution is -2.22. The summed E-state index contributed by atoms with van der Waals surface area (Å²) in [6.45, 7) is 1.74. The zero-order valence-electron chi connectivity index (χ0n) is 11.4. The molecule has 0 aliphatic rings. The van der Waals surface area contributed by atoms with Crippen LogP contribution in [0.3, 0.4) is 0 Å². The fourth-order valence-corrected chi connectivity index (χ4v) is 1.62. The first-order valence-corrected chi connectivity index (χ1v) is 6.31. The van der Waals surface area contributed by atoms with E-state index in [2.05, 4.69) is 10.6 Å². The van der Waals surface area contributed by atoms with Gasteiger partial charge in [0.15, 0.2) is 0 Å². The van der Waals surface area contributed by atoms with E-state index in [1.54, 1.807) is 19.4 Å². The molecule has 0 spiro atoms. The van der Waals surface area contributed by atoms with Crippen LogP contribution in [-0.2, 0) is 16.1 Å². The molecule has 106 valence electrons. The van der Waals surface area contributed by atoms with Crippen LogP contribution < -0.4 is 16.2 Å². The average Bonchev–Trinajstić information content (AvgIpc) is 2.39. The highest BCUT2D eigenvalue weighted by Crippen LogP contribution is 2.04. The Morgan fingerprint density at radius 2 is 2.21 bits per heavy atom. The van der Waals surface area contributed by atoms with Gasteiger partial charge in [0.2, 0.25) is 5.91 Å². The minimum atomic E-state index is -0.106. The highest BCUT2D eigenvalue weighted by molar-refractivity contribution is 5.90. The molecule has 1 amide bonds. The number of hydrogen-bond acceptors (Lipinski definition) is 4. The molecular formula is C13H21N3O3. The lowest BCUT2D eigenvalue weighted by molar-refractivity contribution is -0.116. The molecule has 0 bridgehead atoms.